The highest BCUT2D eigenvalue weighted by atomic mass is 32.1. The Balaban J connectivity index is 2.07. The van der Waals surface area contributed by atoms with Crippen LogP contribution in [0.5, 0.6) is 0 Å². The molecule has 3 rings (SSSR count). The number of aromatic nitrogens is 1. The van der Waals surface area contributed by atoms with Crippen LogP contribution in [0.3, 0.4) is 0 Å². The van der Waals surface area contributed by atoms with Gasteiger partial charge in [-0.25, -0.2) is 4.39 Å². The number of aryl methyl sites for hydroxylation is 1. The van der Waals surface area contributed by atoms with Gasteiger partial charge in [0.25, 0.3) is 0 Å². The van der Waals surface area contributed by atoms with Crippen LogP contribution in [0.4, 0.5) is 4.39 Å². The van der Waals surface area contributed by atoms with E-state index in [1.54, 1.807) is 11.4 Å². The van der Waals surface area contributed by atoms with Crippen LogP contribution in [0.1, 0.15) is 28.8 Å². The van der Waals surface area contributed by atoms with Crippen LogP contribution in [0, 0.1) is 12.7 Å². The lowest BCUT2D eigenvalue weighted by Gasteiger charge is -2.12. The molecule has 0 aliphatic heterocycles. The van der Waals surface area contributed by atoms with Crippen molar-refractivity contribution in [1.82, 2.24) is 4.57 Å². The minimum atomic E-state index is -0.840. The molecule has 3 nitrogen and oxygen atoms in total. The zero-order chi connectivity index (χ0) is 18.0. The molecule has 0 saturated heterocycles. The highest BCUT2D eigenvalue weighted by molar-refractivity contribution is 7.79. The number of benzene rings is 2. The Bertz CT molecular complexity index is 944. The fraction of sp³-hybridized carbons (Fsp3) is 0.200. The molecule has 0 aliphatic rings. The van der Waals surface area contributed by atoms with Crippen LogP contribution in [0.2, 0.25) is 0 Å². The number of hydrogen-bond acceptors (Lipinski definition) is 2. The lowest BCUT2D eigenvalue weighted by Crippen LogP contribution is -2.08. The van der Waals surface area contributed by atoms with Gasteiger partial charge in [-0.05, 0) is 48.2 Å². The van der Waals surface area contributed by atoms with Gasteiger partial charge in [0, 0.05) is 28.5 Å². The van der Waals surface area contributed by atoms with Gasteiger partial charge in [-0.3, -0.25) is 4.79 Å². The first-order valence-electron chi connectivity index (χ1n) is 8.02. The smallest absolute Gasteiger partial charge is 0.303 e. The minimum Gasteiger partial charge on any atom is -0.481 e. The molecule has 25 heavy (non-hydrogen) atoms. The summed E-state index contributed by atoms with van der Waals surface area (Å²) < 4.78 is 15.7. The van der Waals surface area contributed by atoms with E-state index < -0.39 is 5.97 Å². The van der Waals surface area contributed by atoms with E-state index in [-0.39, 0.29) is 12.2 Å². The summed E-state index contributed by atoms with van der Waals surface area (Å²) in [6.07, 6.45) is 0.457. The Kier molecular flexibility index (Phi) is 4.95. The van der Waals surface area contributed by atoms with E-state index in [4.69, 9.17) is 17.3 Å². The van der Waals surface area contributed by atoms with Crippen LogP contribution in [0.15, 0.2) is 42.5 Å². The van der Waals surface area contributed by atoms with Gasteiger partial charge in [0.15, 0.2) is 0 Å². The maximum absolute atomic E-state index is 13.7. The topological polar surface area (TPSA) is 42.2 Å². The summed E-state index contributed by atoms with van der Waals surface area (Å²) >= 11 is 4.93. The number of carboxylic acids is 1. The first kappa shape index (κ1) is 17.3. The van der Waals surface area contributed by atoms with Crippen molar-refractivity contribution in [3.63, 3.8) is 0 Å². The number of carboxylic acid groups (broad SMARTS) is 1. The second-order valence-electron chi connectivity index (χ2n) is 6.07. The molecule has 5 heteroatoms. The molecule has 0 aliphatic carbocycles. The van der Waals surface area contributed by atoms with Gasteiger partial charge in [-0.1, -0.05) is 36.5 Å². The summed E-state index contributed by atoms with van der Waals surface area (Å²) in [7, 11) is 0. The molecule has 0 unspecified atom stereocenters. The normalized spacial score (nSPS) is 11.0. The molecule has 0 bridgehead atoms. The quantitative estimate of drug-likeness (QED) is 0.662. The maximum Gasteiger partial charge on any atom is 0.303 e. The molecule has 2 aromatic carbocycles. The van der Waals surface area contributed by atoms with E-state index in [1.165, 1.54) is 12.1 Å². The number of hydrogen-bond donors (Lipinski definition) is 1. The van der Waals surface area contributed by atoms with Crippen molar-refractivity contribution >= 4 is 34.5 Å². The summed E-state index contributed by atoms with van der Waals surface area (Å²) in [6.45, 7) is 2.52. The summed E-state index contributed by atoms with van der Waals surface area (Å²) in [6, 6.07) is 12.6. The average Bonchev–Trinajstić information content (AvgIpc) is 2.85. The van der Waals surface area contributed by atoms with Crippen molar-refractivity contribution in [2.24, 2.45) is 0 Å². The van der Waals surface area contributed by atoms with Gasteiger partial charge in [0.1, 0.15) is 5.82 Å². The predicted molar refractivity (Wildman–Crippen MR) is 101 cm³/mol. The Morgan fingerprint density at radius 1 is 1.24 bits per heavy atom. The van der Waals surface area contributed by atoms with Crippen LogP contribution < -0.4 is 0 Å². The number of rotatable bonds is 6. The van der Waals surface area contributed by atoms with Crippen molar-refractivity contribution in [2.45, 2.75) is 26.3 Å². The van der Waals surface area contributed by atoms with Gasteiger partial charge < -0.3 is 9.67 Å². The van der Waals surface area contributed by atoms with Crippen molar-refractivity contribution in [3.8, 4) is 0 Å². The molecule has 1 heterocycles. The standard InChI is InChI=1S/C20H18FNO2S/c1-13-17-10-16(21)6-7-19(17)22(18(13)8-9-20(23)24)11-14-2-4-15(12-25)5-3-14/h2-7,10,12H,8-9,11H2,1H3,(H,23,24). The Labute approximate surface area is 150 Å². The summed E-state index contributed by atoms with van der Waals surface area (Å²) in [4.78, 5) is 11.0. The molecule has 1 N–H and O–H groups in total. The fourth-order valence-electron chi connectivity index (χ4n) is 3.16. The molecule has 0 radical (unpaired) electrons. The van der Waals surface area contributed by atoms with Crippen LogP contribution in [-0.4, -0.2) is 21.0 Å². The van der Waals surface area contributed by atoms with Crippen LogP contribution >= 0.6 is 12.2 Å². The third-order valence-electron chi connectivity index (χ3n) is 4.44. The van der Waals surface area contributed by atoms with Crippen LogP contribution in [0.25, 0.3) is 10.9 Å². The molecule has 0 fully saturated rings. The SMILES string of the molecule is Cc1c(CCC(=O)O)n(Cc2ccc(C=S)cc2)c2ccc(F)cc12. The Morgan fingerprint density at radius 3 is 2.60 bits per heavy atom. The Morgan fingerprint density at radius 2 is 1.96 bits per heavy atom. The molecule has 0 amide bonds. The lowest BCUT2D eigenvalue weighted by molar-refractivity contribution is -0.136. The largest absolute Gasteiger partial charge is 0.481 e. The van der Waals surface area contributed by atoms with E-state index in [2.05, 4.69) is 4.57 Å². The lowest BCUT2D eigenvalue weighted by atomic mass is 10.1. The molecule has 3 aromatic rings. The number of carbonyl (C=O) groups is 1. The predicted octanol–water partition coefficient (Wildman–Crippen LogP) is 4.50. The molecular formula is C20H18FNO2S. The van der Waals surface area contributed by atoms with Gasteiger partial charge in [0.05, 0.1) is 6.42 Å². The zero-order valence-corrected chi connectivity index (χ0v) is 14.6. The maximum atomic E-state index is 13.7. The highest BCUT2D eigenvalue weighted by Gasteiger charge is 2.16. The fourth-order valence-corrected chi connectivity index (χ4v) is 3.32. The molecule has 0 saturated carbocycles. The van der Waals surface area contributed by atoms with Crippen LogP contribution in [-0.2, 0) is 17.8 Å². The van der Waals surface area contributed by atoms with E-state index in [0.717, 1.165) is 33.3 Å². The number of nitrogens with zero attached hydrogens (tertiary/aromatic N) is 1. The van der Waals surface area contributed by atoms with Gasteiger partial charge in [-0.2, -0.15) is 0 Å². The van der Waals surface area contributed by atoms with Gasteiger partial charge >= 0.3 is 5.97 Å². The average molecular weight is 355 g/mol. The summed E-state index contributed by atoms with van der Waals surface area (Å²) in [5.41, 5.74) is 4.84. The first-order valence-corrected chi connectivity index (χ1v) is 8.50. The molecule has 128 valence electrons. The van der Waals surface area contributed by atoms with E-state index >= 15 is 0 Å². The number of thiocarbonyl (C=S) groups is 1. The van der Waals surface area contributed by atoms with E-state index in [0.29, 0.717) is 13.0 Å². The number of halogens is 1. The number of aliphatic carboxylic acids is 1. The summed E-state index contributed by atoms with van der Waals surface area (Å²) in [5, 5.41) is 11.5. The van der Waals surface area contributed by atoms with Gasteiger partial charge in [-0.15, -0.1) is 0 Å². The summed E-state index contributed by atoms with van der Waals surface area (Å²) in [5.74, 6) is -1.13. The molecule has 0 atom stereocenters. The third kappa shape index (κ3) is 3.61. The highest BCUT2D eigenvalue weighted by Crippen LogP contribution is 2.28. The van der Waals surface area contributed by atoms with Gasteiger partial charge in [0.2, 0.25) is 0 Å². The second-order valence-corrected chi connectivity index (χ2v) is 6.31. The monoisotopic (exact) mass is 355 g/mol. The minimum absolute atomic E-state index is 0.0451. The van der Waals surface area contributed by atoms with Crippen molar-refractivity contribution < 1.29 is 14.3 Å². The van der Waals surface area contributed by atoms with E-state index in [1.807, 2.05) is 31.2 Å². The molecule has 0 spiro atoms. The first-order chi connectivity index (χ1) is 12.0. The van der Waals surface area contributed by atoms with Crippen molar-refractivity contribution in [1.29, 1.82) is 0 Å². The second kappa shape index (κ2) is 7.15. The molecule has 1 aromatic heterocycles. The van der Waals surface area contributed by atoms with Crippen molar-refractivity contribution in [3.05, 3.63) is 70.7 Å². The van der Waals surface area contributed by atoms with Crippen molar-refractivity contribution in [2.75, 3.05) is 0 Å². The number of fused-ring (bicyclic) bond motifs is 1. The van der Waals surface area contributed by atoms with E-state index in [9.17, 15) is 9.18 Å². The third-order valence-corrected chi connectivity index (χ3v) is 4.72. The molecular weight excluding hydrogens is 337 g/mol. The Hall–Kier alpha value is -2.53. The zero-order valence-electron chi connectivity index (χ0n) is 13.8.